The van der Waals surface area contributed by atoms with Crippen LogP contribution in [0.4, 0.5) is 5.69 Å². The molecule has 2 aromatic rings. The third kappa shape index (κ3) is 4.04. The molecule has 3 rings (SSSR count). The molecule has 6 heteroatoms. The molecule has 1 aliphatic rings. The van der Waals surface area contributed by atoms with Crippen molar-refractivity contribution in [1.29, 1.82) is 0 Å². The lowest BCUT2D eigenvalue weighted by Gasteiger charge is -2.18. The van der Waals surface area contributed by atoms with Gasteiger partial charge in [0, 0.05) is 11.3 Å². The van der Waals surface area contributed by atoms with E-state index in [2.05, 4.69) is 10.5 Å². The number of para-hydroxylation sites is 1. The van der Waals surface area contributed by atoms with E-state index in [0.29, 0.717) is 24.7 Å². The third-order valence-corrected chi connectivity index (χ3v) is 3.41. The molecule has 124 valence electrons. The van der Waals surface area contributed by atoms with E-state index in [4.69, 9.17) is 14.3 Å². The molecule has 0 atom stereocenters. The highest BCUT2D eigenvalue weighted by Gasteiger charge is 2.12. The normalized spacial score (nSPS) is 13.3. The number of nitrogens with one attached hydrogen (secondary N) is 1. The van der Waals surface area contributed by atoms with Gasteiger partial charge in [-0.2, -0.15) is 0 Å². The van der Waals surface area contributed by atoms with Crippen LogP contribution in [-0.2, 0) is 9.63 Å². The van der Waals surface area contributed by atoms with Crippen LogP contribution >= 0.6 is 0 Å². The Bertz CT molecular complexity index is 744. The summed E-state index contributed by atoms with van der Waals surface area (Å²) in [4.78, 5) is 16.9. The molecular weight excluding hydrogens is 308 g/mol. The lowest BCUT2D eigenvalue weighted by atomic mass is 10.1. The van der Waals surface area contributed by atoms with Gasteiger partial charge in [-0.25, -0.2) is 0 Å². The van der Waals surface area contributed by atoms with Crippen molar-refractivity contribution in [3.8, 4) is 11.5 Å². The highest BCUT2D eigenvalue weighted by molar-refractivity contribution is 5.99. The Labute approximate surface area is 140 Å². The lowest BCUT2D eigenvalue weighted by Crippen LogP contribution is -2.17. The maximum atomic E-state index is 11.8. The predicted molar refractivity (Wildman–Crippen MR) is 90.7 cm³/mol. The van der Waals surface area contributed by atoms with Crippen molar-refractivity contribution in [2.45, 2.75) is 6.92 Å². The summed E-state index contributed by atoms with van der Waals surface area (Å²) < 4.78 is 11.0. The van der Waals surface area contributed by atoms with Crippen LogP contribution < -0.4 is 14.8 Å². The standard InChI is InChI=1S/C18H18N2O4/c1-13(14-7-8-16-17(11-14)23-10-9-22-16)20-24-12-18(21)19-15-5-3-2-4-6-15/h2-8,11H,9-10,12H2,1H3,(H,19,21)/b20-13-. The summed E-state index contributed by atoms with van der Waals surface area (Å²) in [6.07, 6.45) is 0. The van der Waals surface area contributed by atoms with Crippen LogP contribution in [0.1, 0.15) is 12.5 Å². The maximum absolute atomic E-state index is 11.8. The molecule has 0 saturated carbocycles. The van der Waals surface area contributed by atoms with Crippen molar-refractivity contribution in [1.82, 2.24) is 0 Å². The van der Waals surface area contributed by atoms with E-state index in [-0.39, 0.29) is 12.5 Å². The number of oxime groups is 1. The molecule has 0 aliphatic carbocycles. The van der Waals surface area contributed by atoms with Crippen LogP contribution in [0.3, 0.4) is 0 Å². The van der Waals surface area contributed by atoms with Gasteiger partial charge in [0.25, 0.3) is 5.91 Å². The summed E-state index contributed by atoms with van der Waals surface area (Å²) in [7, 11) is 0. The Morgan fingerprint density at radius 3 is 2.67 bits per heavy atom. The van der Waals surface area contributed by atoms with Gasteiger partial charge in [-0.05, 0) is 37.3 Å². The Morgan fingerprint density at radius 2 is 1.88 bits per heavy atom. The Kier molecular flexibility index (Phi) is 4.96. The average molecular weight is 326 g/mol. The molecule has 2 aromatic carbocycles. The molecule has 0 aromatic heterocycles. The topological polar surface area (TPSA) is 69.2 Å². The number of amides is 1. The van der Waals surface area contributed by atoms with Gasteiger partial charge >= 0.3 is 0 Å². The fourth-order valence-corrected chi connectivity index (χ4v) is 2.23. The molecule has 0 unspecified atom stereocenters. The summed E-state index contributed by atoms with van der Waals surface area (Å²) in [5.74, 6) is 1.15. The Balaban J connectivity index is 1.55. The number of rotatable bonds is 5. The van der Waals surface area contributed by atoms with E-state index in [1.165, 1.54) is 0 Å². The molecule has 1 aliphatic heterocycles. The SMILES string of the molecule is C/C(=N/OCC(=O)Nc1ccccc1)c1ccc2c(c1)OCCO2. The average Bonchev–Trinajstić information content (AvgIpc) is 2.62. The number of benzene rings is 2. The third-order valence-electron chi connectivity index (χ3n) is 3.41. The van der Waals surface area contributed by atoms with Crippen molar-refractivity contribution in [3.05, 3.63) is 54.1 Å². The highest BCUT2D eigenvalue weighted by atomic mass is 16.6. The molecule has 0 saturated heterocycles. The molecule has 24 heavy (non-hydrogen) atoms. The molecule has 0 radical (unpaired) electrons. The minimum Gasteiger partial charge on any atom is -0.486 e. The minimum absolute atomic E-state index is 0.156. The highest BCUT2D eigenvalue weighted by Crippen LogP contribution is 2.30. The number of ether oxygens (including phenoxy) is 2. The number of hydrogen-bond acceptors (Lipinski definition) is 5. The van der Waals surface area contributed by atoms with E-state index in [9.17, 15) is 4.79 Å². The smallest absolute Gasteiger partial charge is 0.265 e. The van der Waals surface area contributed by atoms with Crippen LogP contribution in [0, 0.1) is 0 Å². The molecular formula is C18H18N2O4. The van der Waals surface area contributed by atoms with E-state index < -0.39 is 0 Å². The van der Waals surface area contributed by atoms with Gasteiger partial charge < -0.3 is 19.6 Å². The fourth-order valence-electron chi connectivity index (χ4n) is 2.23. The second-order valence-electron chi connectivity index (χ2n) is 5.22. The second kappa shape index (κ2) is 7.50. The number of anilines is 1. The second-order valence-corrected chi connectivity index (χ2v) is 5.22. The number of carbonyl (C=O) groups excluding carboxylic acids is 1. The van der Waals surface area contributed by atoms with Crippen LogP contribution in [0.5, 0.6) is 11.5 Å². The summed E-state index contributed by atoms with van der Waals surface area (Å²) in [6, 6.07) is 14.8. The first-order valence-corrected chi connectivity index (χ1v) is 7.64. The van der Waals surface area contributed by atoms with Gasteiger partial charge in [0.2, 0.25) is 0 Å². The first-order valence-electron chi connectivity index (χ1n) is 7.64. The largest absolute Gasteiger partial charge is 0.486 e. The van der Waals surface area contributed by atoms with Gasteiger partial charge in [0.1, 0.15) is 13.2 Å². The summed E-state index contributed by atoms with van der Waals surface area (Å²) in [5.41, 5.74) is 2.22. The number of fused-ring (bicyclic) bond motifs is 1. The van der Waals surface area contributed by atoms with Crippen LogP contribution in [0.15, 0.2) is 53.7 Å². The lowest BCUT2D eigenvalue weighted by molar-refractivity contribution is -0.120. The monoisotopic (exact) mass is 326 g/mol. The van der Waals surface area contributed by atoms with Gasteiger partial charge in [-0.15, -0.1) is 0 Å². The first kappa shape index (κ1) is 15.9. The molecule has 0 bridgehead atoms. The van der Waals surface area contributed by atoms with E-state index >= 15 is 0 Å². The molecule has 0 spiro atoms. The molecule has 6 nitrogen and oxygen atoms in total. The number of nitrogens with zero attached hydrogens (tertiary/aromatic N) is 1. The van der Waals surface area contributed by atoms with Crippen molar-refractivity contribution < 1.29 is 19.1 Å². The Morgan fingerprint density at radius 1 is 1.12 bits per heavy atom. The molecule has 1 amide bonds. The van der Waals surface area contributed by atoms with Gasteiger partial charge in [-0.3, -0.25) is 4.79 Å². The zero-order valence-electron chi connectivity index (χ0n) is 13.3. The van der Waals surface area contributed by atoms with Crippen LogP contribution in [-0.4, -0.2) is 31.4 Å². The van der Waals surface area contributed by atoms with E-state index in [0.717, 1.165) is 17.0 Å². The molecule has 1 heterocycles. The van der Waals surface area contributed by atoms with Crippen molar-refractivity contribution in [2.24, 2.45) is 5.16 Å². The van der Waals surface area contributed by atoms with Gasteiger partial charge in [0.15, 0.2) is 18.1 Å². The summed E-state index contributed by atoms with van der Waals surface area (Å²) in [5, 5.41) is 6.71. The predicted octanol–water partition coefficient (Wildman–Crippen LogP) is 2.84. The van der Waals surface area contributed by atoms with E-state index in [1.54, 1.807) is 6.92 Å². The van der Waals surface area contributed by atoms with Crippen molar-refractivity contribution in [2.75, 3.05) is 25.1 Å². The molecule has 0 fully saturated rings. The molecule has 1 N–H and O–H groups in total. The van der Waals surface area contributed by atoms with Crippen LogP contribution in [0.25, 0.3) is 0 Å². The maximum Gasteiger partial charge on any atom is 0.265 e. The zero-order valence-corrected chi connectivity index (χ0v) is 13.3. The zero-order chi connectivity index (χ0) is 16.8. The number of carbonyl (C=O) groups is 1. The quantitative estimate of drug-likeness (QED) is 0.677. The number of hydrogen-bond donors (Lipinski definition) is 1. The summed E-state index contributed by atoms with van der Waals surface area (Å²) in [6.45, 7) is 2.74. The van der Waals surface area contributed by atoms with Gasteiger partial charge in [0.05, 0.1) is 5.71 Å². The van der Waals surface area contributed by atoms with Crippen molar-refractivity contribution in [3.63, 3.8) is 0 Å². The minimum atomic E-state index is -0.264. The first-order chi connectivity index (χ1) is 11.7. The fraction of sp³-hybridized carbons (Fsp3) is 0.222. The van der Waals surface area contributed by atoms with Gasteiger partial charge in [-0.1, -0.05) is 23.4 Å². The Hall–Kier alpha value is -3.02. The van der Waals surface area contributed by atoms with Crippen molar-refractivity contribution >= 4 is 17.3 Å². The van der Waals surface area contributed by atoms with Crippen LogP contribution in [0.2, 0.25) is 0 Å². The van der Waals surface area contributed by atoms with E-state index in [1.807, 2.05) is 48.5 Å². The summed E-state index contributed by atoms with van der Waals surface area (Å²) >= 11 is 0.